The number of para-hydroxylation sites is 1. The topological polar surface area (TPSA) is 87.4 Å². The average molecular weight is 176 g/mol. The minimum absolute atomic E-state index is 0.184. The van der Waals surface area contributed by atoms with Gasteiger partial charge in [0.2, 0.25) is 5.88 Å². The predicted octanol–water partition coefficient (Wildman–Crippen LogP) is 1.72. The smallest absolute Gasteiger partial charge is 0.239 e. The van der Waals surface area contributed by atoms with E-state index >= 15 is 0 Å². The number of nitrogens with one attached hydrogen (secondary N) is 1. The monoisotopic (exact) mass is 176 g/mol. The summed E-state index contributed by atoms with van der Waals surface area (Å²) in [7, 11) is 0. The second kappa shape index (κ2) is 2.48. The molecule has 0 unspecified atom stereocenters. The number of rotatable bonds is 1. The standard InChI is InChI=1S/C8H8N4O/c9-11-7-5-3-1-2-4-6(5)12(10)8(7)13/h1-4,9,13H,10H2. The van der Waals surface area contributed by atoms with Gasteiger partial charge in [0.1, 0.15) is 0 Å². The van der Waals surface area contributed by atoms with Gasteiger partial charge in [-0.25, -0.2) is 10.2 Å². The molecule has 2 aromatic rings. The summed E-state index contributed by atoms with van der Waals surface area (Å²) in [6.07, 6.45) is 0. The number of aromatic nitrogens is 1. The number of fused-ring (bicyclic) bond motifs is 1. The van der Waals surface area contributed by atoms with Crippen molar-refractivity contribution in [2.45, 2.75) is 0 Å². The first-order chi connectivity index (χ1) is 6.25. The zero-order valence-corrected chi connectivity index (χ0v) is 6.73. The van der Waals surface area contributed by atoms with Gasteiger partial charge in [-0.2, -0.15) is 5.11 Å². The minimum atomic E-state index is -0.184. The van der Waals surface area contributed by atoms with Crippen molar-refractivity contribution < 1.29 is 5.11 Å². The maximum absolute atomic E-state index is 9.45. The van der Waals surface area contributed by atoms with E-state index in [1.54, 1.807) is 24.3 Å². The van der Waals surface area contributed by atoms with Gasteiger partial charge in [-0.1, -0.05) is 18.2 Å². The van der Waals surface area contributed by atoms with Crippen molar-refractivity contribution in [2.24, 2.45) is 5.11 Å². The van der Waals surface area contributed by atoms with Crippen LogP contribution in [0.2, 0.25) is 0 Å². The zero-order valence-electron chi connectivity index (χ0n) is 6.73. The van der Waals surface area contributed by atoms with Gasteiger partial charge in [0.05, 0.1) is 5.52 Å². The molecule has 4 N–H and O–H groups in total. The molecule has 0 radical (unpaired) electrons. The number of hydrogen-bond acceptors (Lipinski definition) is 4. The highest BCUT2D eigenvalue weighted by Crippen LogP contribution is 2.36. The average Bonchev–Trinajstić information content (AvgIpc) is 2.41. The third-order valence-corrected chi connectivity index (χ3v) is 1.97. The lowest BCUT2D eigenvalue weighted by molar-refractivity contribution is 0.441. The summed E-state index contributed by atoms with van der Waals surface area (Å²) in [5.74, 6) is 5.35. The number of hydrogen-bond donors (Lipinski definition) is 3. The van der Waals surface area contributed by atoms with Crippen LogP contribution in [0.4, 0.5) is 5.69 Å². The van der Waals surface area contributed by atoms with Crippen LogP contribution in [0, 0.1) is 5.53 Å². The molecule has 0 bridgehead atoms. The Bertz CT molecular complexity index is 474. The Kier molecular flexibility index (Phi) is 1.45. The molecule has 0 atom stereocenters. The Morgan fingerprint density at radius 2 is 2.08 bits per heavy atom. The van der Waals surface area contributed by atoms with E-state index in [4.69, 9.17) is 11.4 Å². The highest BCUT2D eigenvalue weighted by molar-refractivity contribution is 5.94. The molecule has 0 aliphatic rings. The highest BCUT2D eigenvalue weighted by atomic mass is 16.3. The molecule has 0 aliphatic carbocycles. The number of nitrogens with zero attached hydrogens (tertiary/aromatic N) is 2. The lowest BCUT2D eigenvalue weighted by atomic mass is 10.2. The molecule has 0 spiro atoms. The summed E-state index contributed by atoms with van der Waals surface area (Å²) in [5.41, 5.74) is 7.74. The Morgan fingerprint density at radius 1 is 1.38 bits per heavy atom. The normalized spacial score (nSPS) is 10.5. The van der Waals surface area contributed by atoms with E-state index in [-0.39, 0.29) is 11.6 Å². The molecule has 0 aliphatic heterocycles. The number of nitrogens with two attached hydrogens (primary N) is 1. The van der Waals surface area contributed by atoms with Crippen LogP contribution in [0.25, 0.3) is 10.9 Å². The molecule has 0 saturated heterocycles. The zero-order chi connectivity index (χ0) is 9.42. The van der Waals surface area contributed by atoms with Crippen LogP contribution in [-0.2, 0) is 0 Å². The third kappa shape index (κ3) is 0.868. The molecule has 0 amide bonds. The summed E-state index contributed by atoms with van der Waals surface area (Å²) in [6, 6.07) is 7.12. The molecule has 2 rings (SSSR count). The second-order valence-corrected chi connectivity index (χ2v) is 2.67. The first-order valence-electron chi connectivity index (χ1n) is 3.70. The Balaban J connectivity index is 2.98. The Hall–Kier alpha value is -2.04. The fourth-order valence-corrected chi connectivity index (χ4v) is 1.34. The van der Waals surface area contributed by atoms with Crippen molar-refractivity contribution >= 4 is 16.6 Å². The number of aromatic hydroxyl groups is 1. The van der Waals surface area contributed by atoms with E-state index in [2.05, 4.69) is 5.11 Å². The van der Waals surface area contributed by atoms with Gasteiger partial charge in [0.25, 0.3) is 0 Å². The van der Waals surface area contributed by atoms with Crippen LogP contribution >= 0.6 is 0 Å². The summed E-state index contributed by atoms with van der Waals surface area (Å²) in [5, 5.41) is 13.3. The van der Waals surface area contributed by atoms with Crippen LogP contribution in [0.15, 0.2) is 29.4 Å². The molecule has 5 nitrogen and oxygen atoms in total. The molecule has 5 heteroatoms. The van der Waals surface area contributed by atoms with Crippen molar-refractivity contribution in [3.8, 4) is 5.88 Å². The SMILES string of the molecule is N=Nc1c(O)n(N)c2ccccc12. The Morgan fingerprint density at radius 3 is 2.77 bits per heavy atom. The molecule has 1 heterocycles. The van der Waals surface area contributed by atoms with Gasteiger partial charge in [0.15, 0.2) is 5.69 Å². The quantitative estimate of drug-likeness (QED) is 0.456. The van der Waals surface area contributed by atoms with Gasteiger partial charge in [-0.3, -0.25) is 0 Å². The highest BCUT2D eigenvalue weighted by Gasteiger charge is 2.13. The van der Waals surface area contributed by atoms with Gasteiger partial charge in [-0.15, -0.1) is 0 Å². The van der Waals surface area contributed by atoms with Gasteiger partial charge in [0, 0.05) is 5.39 Å². The van der Waals surface area contributed by atoms with Crippen LogP contribution in [0.1, 0.15) is 0 Å². The molecular formula is C8H8N4O. The molecule has 1 aromatic carbocycles. The van der Waals surface area contributed by atoms with Gasteiger partial charge < -0.3 is 10.9 Å². The first-order valence-corrected chi connectivity index (χ1v) is 3.70. The lowest BCUT2D eigenvalue weighted by Gasteiger charge is -1.94. The molecule has 13 heavy (non-hydrogen) atoms. The van der Waals surface area contributed by atoms with Crippen molar-refractivity contribution in [3.05, 3.63) is 24.3 Å². The minimum Gasteiger partial charge on any atom is -0.492 e. The van der Waals surface area contributed by atoms with E-state index in [0.717, 1.165) is 4.68 Å². The third-order valence-electron chi connectivity index (χ3n) is 1.97. The number of benzene rings is 1. The largest absolute Gasteiger partial charge is 0.492 e. The summed E-state index contributed by atoms with van der Waals surface area (Å²) in [6.45, 7) is 0. The van der Waals surface area contributed by atoms with Crippen LogP contribution in [0.5, 0.6) is 5.88 Å². The summed E-state index contributed by atoms with van der Waals surface area (Å²) in [4.78, 5) is 0. The molecule has 1 aromatic heterocycles. The second-order valence-electron chi connectivity index (χ2n) is 2.67. The number of nitrogen functional groups attached to an aromatic ring is 1. The van der Waals surface area contributed by atoms with Crippen molar-refractivity contribution in [1.82, 2.24) is 4.68 Å². The van der Waals surface area contributed by atoms with Crippen molar-refractivity contribution in [1.29, 1.82) is 5.53 Å². The van der Waals surface area contributed by atoms with E-state index in [1.165, 1.54) is 0 Å². The molecular weight excluding hydrogens is 168 g/mol. The van der Waals surface area contributed by atoms with E-state index in [9.17, 15) is 5.11 Å². The summed E-state index contributed by atoms with van der Waals surface area (Å²) >= 11 is 0. The summed E-state index contributed by atoms with van der Waals surface area (Å²) < 4.78 is 1.11. The fraction of sp³-hybridized carbons (Fsp3) is 0. The van der Waals surface area contributed by atoms with Crippen LogP contribution < -0.4 is 5.84 Å². The van der Waals surface area contributed by atoms with Crippen LogP contribution in [0.3, 0.4) is 0 Å². The van der Waals surface area contributed by atoms with E-state index in [1.807, 2.05) is 0 Å². The van der Waals surface area contributed by atoms with Crippen molar-refractivity contribution in [3.63, 3.8) is 0 Å². The molecule has 66 valence electrons. The molecule has 0 fully saturated rings. The van der Waals surface area contributed by atoms with E-state index < -0.39 is 0 Å². The Labute approximate surface area is 73.9 Å². The van der Waals surface area contributed by atoms with Gasteiger partial charge >= 0.3 is 0 Å². The van der Waals surface area contributed by atoms with Crippen LogP contribution in [-0.4, -0.2) is 9.78 Å². The maximum Gasteiger partial charge on any atom is 0.239 e. The van der Waals surface area contributed by atoms with Gasteiger partial charge in [-0.05, 0) is 6.07 Å². The maximum atomic E-state index is 9.45. The predicted molar refractivity (Wildman–Crippen MR) is 48.6 cm³/mol. The fourth-order valence-electron chi connectivity index (χ4n) is 1.34. The lowest BCUT2D eigenvalue weighted by Crippen LogP contribution is -2.05. The first kappa shape index (κ1) is 7.60. The van der Waals surface area contributed by atoms with Crippen molar-refractivity contribution in [2.75, 3.05) is 5.84 Å². The van der Waals surface area contributed by atoms with E-state index in [0.29, 0.717) is 10.9 Å². The molecule has 0 saturated carbocycles.